The summed E-state index contributed by atoms with van der Waals surface area (Å²) in [6, 6.07) is 0. The van der Waals surface area contributed by atoms with E-state index in [9.17, 15) is 8.42 Å². The molecule has 2 bridgehead atoms. The van der Waals surface area contributed by atoms with Crippen LogP contribution >= 0.6 is 0 Å². The van der Waals surface area contributed by atoms with Gasteiger partial charge in [-0.2, -0.15) is 0 Å². The lowest BCUT2D eigenvalue weighted by atomic mass is 10.1. The molecule has 0 aromatic carbocycles. The van der Waals surface area contributed by atoms with Crippen LogP contribution in [0.2, 0.25) is 0 Å². The van der Waals surface area contributed by atoms with Crippen molar-refractivity contribution >= 4 is 16.0 Å². The first-order chi connectivity index (χ1) is 5.94. The first kappa shape index (κ1) is 10.5. The normalized spacial score (nSPS) is 33.6. The summed E-state index contributed by atoms with van der Waals surface area (Å²) in [5, 5.41) is 8.88. The average Bonchev–Trinajstić information content (AvgIpc) is 2.04. The van der Waals surface area contributed by atoms with E-state index in [1.807, 2.05) is 0 Å². The van der Waals surface area contributed by atoms with Gasteiger partial charge in [-0.15, -0.1) is 0 Å². The summed E-state index contributed by atoms with van der Waals surface area (Å²) in [7, 11) is -2.73. The monoisotopic (exact) mass is 206 g/mol. The van der Waals surface area contributed by atoms with Crippen LogP contribution in [0.25, 0.3) is 0 Å². The average molecular weight is 206 g/mol. The van der Waals surface area contributed by atoms with Crippen molar-refractivity contribution in [1.82, 2.24) is 4.31 Å². The minimum Gasteiger partial charge on any atom is -0.550 e. The standard InChI is InChI=1S/C5H9NO2S.C2H4O2/c7-9(8)5-2-1-3-6(9)4-5;1-2(3)4/h5H,1-4H2;1H3,(H,3,4)/p-1. The summed E-state index contributed by atoms with van der Waals surface area (Å²) in [4.78, 5) is 8.89. The number of fused-ring (bicyclic) bond motifs is 2. The third-order valence-electron chi connectivity index (χ3n) is 2.12. The van der Waals surface area contributed by atoms with Gasteiger partial charge in [0.2, 0.25) is 10.0 Å². The van der Waals surface area contributed by atoms with Gasteiger partial charge in [0.25, 0.3) is 0 Å². The van der Waals surface area contributed by atoms with Gasteiger partial charge in [0, 0.05) is 19.1 Å². The molecule has 0 N–H and O–H groups in total. The summed E-state index contributed by atoms with van der Waals surface area (Å²) in [5.74, 6) is -1.08. The highest BCUT2D eigenvalue weighted by atomic mass is 32.2. The van der Waals surface area contributed by atoms with Gasteiger partial charge >= 0.3 is 0 Å². The molecule has 3 heterocycles. The van der Waals surface area contributed by atoms with E-state index in [4.69, 9.17) is 9.90 Å². The lowest BCUT2D eigenvalue weighted by Crippen LogP contribution is -2.59. The van der Waals surface area contributed by atoms with Gasteiger partial charge in [0.05, 0.1) is 5.25 Å². The van der Waals surface area contributed by atoms with Crippen LogP contribution in [0.3, 0.4) is 0 Å². The van der Waals surface area contributed by atoms with Gasteiger partial charge in [-0.05, 0) is 19.8 Å². The molecule has 0 radical (unpaired) electrons. The van der Waals surface area contributed by atoms with Crippen molar-refractivity contribution in [2.75, 3.05) is 13.1 Å². The maximum Gasteiger partial charge on any atom is 0.218 e. The molecule has 3 saturated heterocycles. The smallest absolute Gasteiger partial charge is 0.218 e. The molecule has 3 fully saturated rings. The second-order valence-electron chi connectivity index (χ2n) is 3.16. The summed E-state index contributed by atoms with van der Waals surface area (Å²) in [6.07, 6.45) is 1.95. The SMILES string of the molecule is CC(=O)[O-].O=S1(=O)C2CCCN1C2. The zero-order chi connectivity index (χ0) is 10.1. The summed E-state index contributed by atoms with van der Waals surface area (Å²) >= 11 is 0. The van der Waals surface area contributed by atoms with E-state index in [-0.39, 0.29) is 5.25 Å². The van der Waals surface area contributed by atoms with E-state index >= 15 is 0 Å². The lowest BCUT2D eigenvalue weighted by molar-refractivity contribution is -0.302. The highest BCUT2D eigenvalue weighted by Crippen LogP contribution is 2.31. The number of carbonyl (C=O) groups excluding carboxylic acids is 1. The van der Waals surface area contributed by atoms with Crippen molar-refractivity contribution in [3.63, 3.8) is 0 Å². The highest BCUT2D eigenvalue weighted by Gasteiger charge is 2.46. The van der Waals surface area contributed by atoms with Gasteiger partial charge in [-0.25, -0.2) is 12.7 Å². The van der Waals surface area contributed by atoms with Crippen LogP contribution < -0.4 is 5.11 Å². The Labute approximate surface area is 77.4 Å². The first-order valence-corrected chi connectivity index (χ1v) is 5.61. The van der Waals surface area contributed by atoms with E-state index in [2.05, 4.69) is 0 Å². The number of sulfonamides is 1. The van der Waals surface area contributed by atoms with Crippen molar-refractivity contribution in [3.8, 4) is 0 Å². The Morgan fingerprint density at radius 2 is 2.08 bits per heavy atom. The summed E-state index contributed by atoms with van der Waals surface area (Å²) in [5.41, 5.74) is 0. The fourth-order valence-corrected chi connectivity index (χ4v) is 3.27. The number of nitrogens with zero attached hydrogens (tertiary/aromatic N) is 1. The Bertz CT molecular complexity index is 274. The molecule has 3 aliphatic rings. The van der Waals surface area contributed by atoms with Crippen LogP contribution in [-0.4, -0.2) is 37.0 Å². The molecule has 0 spiro atoms. The molecule has 13 heavy (non-hydrogen) atoms. The highest BCUT2D eigenvalue weighted by molar-refractivity contribution is 7.91. The molecule has 2 atom stereocenters. The molecule has 3 aliphatic heterocycles. The van der Waals surface area contributed by atoms with Crippen molar-refractivity contribution in [2.45, 2.75) is 25.0 Å². The van der Waals surface area contributed by atoms with E-state index in [0.29, 0.717) is 0 Å². The molecule has 0 aliphatic carbocycles. The molecular weight excluding hydrogens is 194 g/mol. The Kier molecular flexibility index (Phi) is 2.92. The van der Waals surface area contributed by atoms with Crippen LogP contribution in [-0.2, 0) is 14.8 Å². The van der Waals surface area contributed by atoms with Crippen molar-refractivity contribution < 1.29 is 18.3 Å². The van der Waals surface area contributed by atoms with Crippen LogP contribution in [0.1, 0.15) is 19.8 Å². The van der Waals surface area contributed by atoms with E-state index in [1.165, 1.54) is 0 Å². The first-order valence-electron chi connectivity index (χ1n) is 4.11. The quantitative estimate of drug-likeness (QED) is 0.486. The summed E-state index contributed by atoms with van der Waals surface area (Å²) < 4.78 is 23.5. The number of hydrogen-bond donors (Lipinski definition) is 0. The number of piperidine rings is 1. The van der Waals surface area contributed by atoms with E-state index in [1.54, 1.807) is 4.31 Å². The zero-order valence-electron chi connectivity index (χ0n) is 7.39. The minimum atomic E-state index is -2.73. The van der Waals surface area contributed by atoms with E-state index < -0.39 is 16.0 Å². The molecule has 3 rings (SSSR count). The van der Waals surface area contributed by atoms with Gasteiger partial charge in [0.1, 0.15) is 0 Å². The molecular formula is C7H12NO4S-. The van der Waals surface area contributed by atoms with Crippen molar-refractivity contribution in [1.29, 1.82) is 0 Å². The number of carboxylic acid groups (broad SMARTS) is 1. The van der Waals surface area contributed by atoms with Gasteiger partial charge < -0.3 is 9.90 Å². The number of aliphatic carboxylic acids is 1. The third-order valence-corrected chi connectivity index (χ3v) is 4.40. The second kappa shape index (κ2) is 3.63. The molecule has 6 heteroatoms. The van der Waals surface area contributed by atoms with Crippen LogP contribution in [0.15, 0.2) is 0 Å². The Balaban J connectivity index is 0.000000184. The van der Waals surface area contributed by atoms with Gasteiger partial charge in [0.15, 0.2) is 0 Å². The predicted octanol–water partition coefficient (Wildman–Crippen LogP) is -1.45. The van der Waals surface area contributed by atoms with E-state index in [0.717, 1.165) is 32.9 Å². The Morgan fingerprint density at radius 3 is 2.23 bits per heavy atom. The van der Waals surface area contributed by atoms with Crippen LogP contribution in [0.4, 0.5) is 0 Å². The predicted molar refractivity (Wildman–Crippen MR) is 44.2 cm³/mol. The maximum absolute atomic E-state index is 11.0. The molecule has 76 valence electrons. The third kappa shape index (κ3) is 2.19. The fraction of sp³-hybridized carbons (Fsp3) is 0.857. The van der Waals surface area contributed by atoms with Gasteiger partial charge in [-0.1, -0.05) is 0 Å². The molecule has 0 amide bonds. The largest absolute Gasteiger partial charge is 0.550 e. The number of carboxylic acids is 1. The Morgan fingerprint density at radius 1 is 1.54 bits per heavy atom. The lowest BCUT2D eigenvalue weighted by Gasteiger charge is -2.42. The maximum atomic E-state index is 11.0. The molecule has 0 aromatic rings. The van der Waals surface area contributed by atoms with Crippen LogP contribution in [0, 0.1) is 0 Å². The Hall–Kier alpha value is -0.620. The second-order valence-corrected chi connectivity index (χ2v) is 5.37. The molecule has 2 unspecified atom stereocenters. The number of carbonyl (C=O) groups is 1. The topological polar surface area (TPSA) is 77.5 Å². The fourth-order valence-electron chi connectivity index (χ4n) is 1.51. The summed E-state index contributed by atoms with van der Waals surface area (Å²) in [6.45, 7) is 2.53. The molecule has 0 aromatic heterocycles. The zero-order valence-corrected chi connectivity index (χ0v) is 8.21. The van der Waals surface area contributed by atoms with Gasteiger partial charge in [-0.3, -0.25) is 0 Å². The number of rotatable bonds is 0. The van der Waals surface area contributed by atoms with Crippen molar-refractivity contribution in [3.05, 3.63) is 0 Å². The molecule has 0 saturated carbocycles. The van der Waals surface area contributed by atoms with Crippen molar-refractivity contribution in [2.24, 2.45) is 0 Å². The van der Waals surface area contributed by atoms with Crippen LogP contribution in [0.5, 0.6) is 0 Å². The molecule has 5 nitrogen and oxygen atoms in total. The number of hydrogen-bond acceptors (Lipinski definition) is 4. The minimum absolute atomic E-state index is 0.00810.